The van der Waals surface area contributed by atoms with Crippen LogP contribution in [0, 0.1) is 0 Å². The Morgan fingerprint density at radius 3 is 2.46 bits per heavy atom. The van der Waals surface area contributed by atoms with Crippen molar-refractivity contribution in [3.8, 4) is 5.75 Å². The van der Waals surface area contributed by atoms with Crippen molar-refractivity contribution in [2.24, 2.45) is 0 Å². The van der Waals surface area contributed by atoms with Gasteiger partial charge in [0.05, 0.1) is 24.1 Å². The van der Waals surface area contributed by atoms with Gasteiger partial charge < -0.3 is 15.2 Å². The average molecular weight is 416 g/mol. The third kappa shape index (κ3) is 5.88. The summed E-state index contributed by atoms with van der Waals surface area (Å²) in [6, 6.07) is 7.76. The molecule has 150 valence electrons. The maximum Gasteiger partial charge on any atom is 0.416 e. The fraction of sp³-hybridized carbons (Fsp3) is 0.263. The number of hydrogen-bond acceptors (Lipinski definition) is 3. The molecule has 0 aromatic heterocycles. The molecule has 0 bridgehead atoms. The Balaban J connectivity index is 2.07. The van der Waals surface area contributed by atoms with Gasteiger partial charge in [0.25, 0.3) is 0 Å². The molecular weight excluding hydrogens is 399 g/mol. The summed E-state index contributed by atoms with van der Waals surface area (Å²) in [6.45, 7) is 0. The molecule has 0 fully saturated rings. The Kier molecular flexibility index (Phi) is 6.90. The minimum Gasteiger partial charge on any atom is -0.495 e. The topological polar surface area (TPSA) is 75.6 Å². The Morgan fingerprint density at radius 1 is 1.18 bits per heavy atom. The zero-order valence-electron chi connectivity index (χ0n) is 14.7. The van der Waals surface area contributed by atoms with Crippen molar-refractivity contribution in [3.63, 3.8) is 0 Å². The fourth-order valence-electron chi connectivity index (χ4n) is 2.56. The van der Waals surface area contributed by atoms with E-state index in [4.69, 9.17) is 16.3 Å². The molecule has 0 heterocycles. The van der Waals surface area contributed by atoms with Crippen LogP contribution in [0.4, 0.5) is 13.2 Å². The number of carboxylic acids is 1. The van der Waals surface area contributed by atoms with Crippen molar-refractivity contribution in [1.29, 1.82) is 0 Å². The number of rotatable bonds is 7. The molecule has 1 atom stereocenters. The van der Waals surface area contributed by atoms with Crippen molar-refractivity contribution >= 4 is 23.5 Å². The first-order valence-corrected chi connectivity index (χ1v) is 8.48. The molecule has 2 aromatic carbocycles. The molecule has 2 aromatic rings. The van der Waals surface area contributed by atoms with Crippen LogP contribution in [-0.2, 0) is 28.6 Å². The van der Waals surface area contributed by atoms with Crippen LogP contribution in [0.3, 0.4) is 0 Å². The second kappa shape index (κ2) is 8.97. The third-order valence-corrected chi connectivity index (χ3v) is 4.20. The van der Waals surface area contributed by atoms with E-state index in [1.807, 2.05) is 0 Å². The van der Waals surface area contributed by atoms with Gasteiger partial charge in [-0.05, 0) is 29.3 Å². The van der Waals surface area contributed by atoms with E-state index in [2.05, 4.69) is 5.32 Å². The quantitative estimate of drug-likeness (QED) is 0.722. The average Bonchev–Trinajstić information content (AvgIpc) is 2.60. The first-order valence-electron chi connectivity index (χ1n) is 8.11. The van der Waals surface area contributed by atoms with Gasteiger partial charge in [-0.25, -0.2) is 4.79 Å². The van der Waals surface area contributed by atoms with E-state index in [1.165, 1.54) is 25.3 Å². The molecule has 0 aliphatic heterocycles. The van der Waals surface area contributed by atoms with Gasteiger partial charge in [0, 0.05) is 6.42 Å². The van der Waals surface area contributed by atoms with Crippen molar-refractivity contribution < 1.29 is 32.6 Å². The largest absolute Gasteiger partial charge is 0.495 e. The molecule has 28 heavy (non-hydrogen) atoms. The highest BCUT2D eigenvalue weighted by molar-refractivity contribution is 6.32. The van der Waals surface area contributed by atoms with Gasteiger partial charge in [-0.3, -0.25) is 4.79 Å². The highest BCUT2D eigenvalue weighted by Gasteiger charge is 2.30. The highest BCUT2D eigenvalue weighted by atomic mass is 35.5. The van der Waals surface area contributed by atoms with E-state index in [9.17, 15) is 27.9 Å². The molecular formula is C19H17ClF3NO4. The summed E-state index contributed by atoms with van der Waals surface area (Å²) in [7, 11) is 1.44. The molecule has 5 nitrogen and oxygen atoms in total. The molecule has 2 rings (SSSR count). The molecule has 9 heteroatoms. The molecule has 0 aliphatic carbocycles. The number of benzene rings is 2. The van der Waals surface area contributed by atoms with Gasteiger partial charge >= 0.3 is 12.1 Å². The number of halogens is 4. The van der Waals surface area contributed by atoms with Crippen molar-refractivity contribution in [2.45, 2.75) is 25.1 Å². The number of methoxy groups -OCH3 is 1. The zero-order valence-corrected chi connectivity index (χ0v) is 15.5. The molecule has 0 radical (unpaired) electrons. The fourth-order valence-corrected chi connectivity index (χ4v) is 2.84. The van der Waals surface area contributed by atoms with Crippen LogP contribution in [0.1, 0.15) is 16.7 Å². The second-order valence-corrected chi connectivity index (χ2v) is 6.41. The van der Waals surface area contributed by atoms with Crippen molar-refractivity contribution in [2.75, 3.05) is 7.11 Å². The molecule has 1 amide bonds. The minimum atomic E-state index is -4.52. The standard InChI is InChI=1S/C19H17ClF3NO4/c1-28-16-6-5-12(8-14(16)20)9-15(18(26)27)24-17(25)10-11-3-2-4-13(7-11)19(21,22)23/h2-8,15H,9-10H2,1H3,(H,24,25)(H,26,27)/t15-/m1/s1. The zero-order chi connectivity index (χ0) is 20.9. The normalized spacial score (nSPS) is 12.3. The number of carbonyl (C=O) groups is 2. The highest BCUT2D eigenvalue weighted by Crippen LogP contribution is 2.29. The van der Waals surface area contributed by atoms with Crippen LogP contribution in [-0.4, -0.2) is 30.1 Å². The number of carboxylic acid groups (broad SMARTS) is 1. The maximum atomic E-state index is 12.8. The predicted molar refractivity (Wildman–Crippen MR) is 96.4 cm³/mol. The Hall–Kier alpha value is -2.74. The lowest BCUT2D eigenvalue weighted by Gasteiger charge is -2.16. The lowest BCUT2D eigenvalue weighted by molar-refractivity contribution is -0.141. The number of carbonyl (C=O) groups excluding carboxylic acids is 1. The van der Waals surface area contributed by atoms with Crippen LogP contribution >= 0.6 is 11.6 Å². The lowest BCUT2D eigenvalue weighted by Crippen LogP contribution is -2.43. The Labute approximate surface area is 164 Å². The molecule has 0 aliphatic rings. The molecule has 0 saturated heterocycles. The molecule has 2 N–H and O–H groups in total. The van der Waals surface area contributed by atoms with E-state index in [-0.39, 0.29) is 18.4 Å². The van der Waals surface area contributed by atoms with Crippen LogP contribution in [0.15, 0.2) is 42.5 Å². The van der Waals surface area contributed by atoms with Gasteiger partial charge in [0.1, 0.15) is 11.8 Å². The number of aliphatic carboxylic acids is 1. The number of hydrogen-bond donors (Lipinski definition) is 2. The van der Waals surface area contributed by atoms with E-state index < -0.39 is 29.7 Å². The van der Waals surface area contributed by atoms with E-state index in [0.717, 1.165) is 12.1 Å². The van der Waals surface area contributed by atoms with E-state index >= 15 is 0 Å². The summed E-state index contributed by atoms with van der Waals surface area (Å²) in [4.78, 5) is 23.6. The molecule has 0 spiro atoms. The molecule has 0 saturated carbocycles. The first-order chi connectivity index (χ1) is 13.1. The van der Waals surface area contributed by atoms with Gasteiger partial charge in [-0.2, -0.15) is 13.2 Å². The van der Waals surface area contributed by atoms with Crippen LogP contribution < -0.4 is 10.1 Å². The molecule has 0 unspecified atom stereocenters. The van der Waals surface area contributed by atoms with E-state index in [1.54, 1.807) is 12.1 Å². The van der Waals surface area contributed by atoms with Gasteiger partial charge in [0.2, 0.25) is 5.91 Å². The number of ether oxygens (including phenoxy) is 1. The second-order valence-electron chi connectivity index (χ2n) is 6.01. The predicted octanol–water partition coefficient (Wildman–Crippen LogP) is 3.72. The minimum absolute atomic E-state index is 0.0482. The smallest absolute Gasteiger partial charge is 0.416 e. The van der Waals surface area contributed by atoms with Gasteiger partial charge in [-0.1, -0.05) is 35.9 Å². The monoisotopic (exact) mass is 415 g/mol. The SMILES string of the molecule is COc1ccc(C[C@@H](NC(=O)Cc2cccc(C(F)(F)F)c2)C(=O)O)cc1Cl. The van der Waals surface area contributed by atoms with Gasteiger partial charge in [0.15, 0.2) is 0 Å². The summed E-state index contributed by atoms with van der Waals surface area (Å²) in [5, 5.41) is 12.0. The van der Waals surface area contributed by atoms with Gasteiger partial charge in [-0.15, -0.1) is 0 Å². The maximum absolute atomic E-state index is 12.8. The van der Waals surface area contributed by atoms with Crippen molar-refractivity contribution in [1.82, 2.24) is 5.32 Å². The van der Waals surface area contributed by atoms with Crippen LogP contribution in [0.5, 0.6) is 5.75 Å². The van der Waals surface area contributed by atoms with Crippen LogP contribution in [0.25, 0.3) is 0 Å². The van der Waals surface area contributed by atoms with E-state index in [0.29, 0.717) is 16.3 Å². The third-order valence-electron chi connectivity index (χ3n) is 3.91. The summed E-state index contributed by atoms with van der Waals surface area (Å²) < 4.78 is 43.3. The Morgan fingerprint density at radius 2 is 1.89 bits per heavy atom. The van der Waals surface area contributed by atoms with Crippen molar-refractivity contribution in [3.05, 3.63) is 64.2 Å². The number of amides is 1. The summed E-state index contributed by atoms with van der Waals surface area (Å²) in [6.07, 6.45) is -4.95. The lowest BCUT2D eigenvalue weighted by atomic mass is 10.0. The summed E-state index contributed by atoms with van der Waals surface area (Å²) >= 11 is 6.01. The number of nitrogens with one attached hydrogen (secondary N) is 1. The van der Waals surface area contributed by atoms with Crippen LogP contribution in [0.2, 0.25) is 5.02 Å². The summed E-state index contributed by atoms with van der Waals surface area (Å²) in [5.41, 5.74) is -0.193. The summed E-state index contributed by atoms with van der Waals surface area (Å²) in [5.74, 6) is -1.55. The first kappa shape index (κ1) is 21.6. The number of alkyl halides is 3. The Bertz CT molecular complexity index is 870.